The number of rotatable bonds is 6. The molecule has 0 amide bonds. The predicted molar refractivity (Wildman–Crippen MR) is 159 cm³/mol. The van der Waals surface area contributed by atoms with Gasteiger partial charge in [-0.1, -0.05) is 30.3 Å². The molecule has 40 heavy (non-hydrogen) atoms. The Morgan fingerprint density at radius 2 is 0.950 bits per heavy atom. The average molecular weight is 526 g/mol. The SMILES string of the molecule is COc1ccc(-c2cnc(-c3cccc(-c4ncc(-c5ccc(OC)cc5)c5c4CCC5)n3)c3c2CCC3)cc1. The van der Waals surface area contributed by atoms with E-state index in [1.54, 1.807) is 14.2 Å². The molecule has 0 saturated carbocycles. The van der Waals surface area contributed by atoms with Gasteiger partial charge in [-0.2, -0.15) is 0 Å². The first kappa shape index (κ1) is 24.5. The first-order valence-corrected chi connectivity index (χ1v) is 14.0. The molecule has 0 saturated heterocycles. The molecule has 198 valence electrons. The highest BCUT2D eigenvalue weighted by Crippen LogP contribution is 2.40. The van der Waals surface area contributed by atoms with Crippen LogP contribution in [-0.4, -0.2) is 29.2 Å². The van der Waals surface area contributed by atoms with Crippen LogP contribution >= 0.6 is 0 Å². The van der Waals surface area contributed by atoms with E-state index < -0.39 is 0 Å². The van der Waals surface area contributed by atoms with E-state index in [2.05, 4.69) is 42.5 Å². The lowest BCUT2D eigenvalue weighted by atomic mass is 9.96. The maximum absolute atomic E-state index is 5.35. The van der Waals surface area contributed by atoms with Gasteiger partial charge >= 0.3 is 0 Å². The molecule has 0 aliphatic heterocycles. The highest BCUT2D eigenvalue weighted by atomic mass is 16.5. The summed E-state index contributed by atoms with van der Waals surface area (Å²) >= 11 is 0. The molecule has 5 aromatic rings. The number of nitrogens with zero attached hydrogens (tertiary/aromatic N) is 3. The molecule has 0 unspecified atom stereocenters. The normalized spacial score (nSPS) is 13.7. The third kappa shape index (κ3) is 4.22. The number of fused-ring (bicyclic) bond motifs is 2. The Morgan fingerprint density at radius 1 is 0.525 bits per heavy atom. The zero-order chi connectivity index (χ0) is 27.1. The molecule has 7 rings (SSSR count). The first-order valence-electron chi connectivity index (χ1n) is 14.0. The van der Waals surface area contributed by atoms with Crippen molar-refractivity contribution in [3.8, 4) is 56.5 Å². The average Bonchev–Trinajstić information content (AvgIpc) is 3.71. The molecule has 0 spiro atoms. The molecule has 5 heteroatoms. The summed E-state index contributed by atoms with van der Waals surface area (Å²) in [7, 11) is 3.40. The second-order valence-electron chi connectivity index (χ2n) is 10.5. The van der Waals surface area contributed by atoms with Crippen LogP contribution in [0.1, 0.15) is 35.1 Å². The molecule has 0 N–H and O–H groups in total. The summed E-state index contributed by atoms with van der Waals surface area (Å²) in [6.07, 6.45) is 10.5. The van der Waals surface area contributed by atoms with Crippen LogP contribution in [0, 0.1) is 0 Å². The second kappa shape index (κ2) is 10.2. The van der Waals surface area contributed by atoms with Gasteiger partial charge in [-0.15, -0.1) is 0 Å². The summed E-state index contributed by atoms with van der Waals surface area (Å²) in [5.74, 6) is 1.73. The van der Waals surface area contributed by atoms with Crippen molar-refractivity contribution in [3.63, 3.8) is 0 Å². The lowest BCUT2D eigenvalue weighted by Crippen LogP contribution is -2.01. The Bertz CT molecular complexity index is 1580. The Hall–Kier alpha value is -4.51. The number of methoxy groups -OCH3 is 2. The molecular formula is C35H31N3O2. The zero-order valence-electron chi connectivity index (χ0n) is 22.9. The van der Waals surface area contributed by atoms with Crippen molar-refractivity contribution in [3.05, 3.63) is 101 Å². The van der Waals surface area contributed by atoms with E-state index in [-0.39, 0.29) is 0 Å². The third-order valence-corrected chi connectivity index (χ3v) is 8.34. The van der Waals surface area contributed by atoms with Gasteiger partial charge in [0.15, 0.2) is 0 Å². The minimum atomic E-state index is 0.864. The van der Waals surface area contributed by atoms with Crippen molar-refractivity contribution >= 4 is 0 Å². The van der Waals surface area contributed by atoms with Crippen molar-refractivity contribution in [1.29, 1.82) is 0 Å². The van der Waals surface area contributed by atoms with Gasteiger partial charge in [-0.25, -0.2) is 4.98 Å². The number of benzene rings is 2. The summed E-state index contributed by atoms with van der Waals surface area (Å²) in [5.41, 5.74) is 14.1. The molecule has 0 atom stereocenters. The lowest BCUT2D eigenvalue weighted by molar-refractivity contribution is 0.415. The van der Waals surface area contributed by atoms with Crippen LogP contribution in [0.25, 0.3) is 45.0 Å². The Balaban J connectivity index is 1.27. The topological polar surface area (TPSA) is 57.1 Å². The standard InChI is InChI=1S/C35H31N3O2/c1-39-24-16-12-22(13-17-24)30-20-36-34(28-8-3-6-26(28)30)32-10-5-11-33(38-32)35-29-9-4-7-27(29)31(21-37-35)23-14-18-25(40-2)19-15-23/h5,10-21H,3-4,6-9H2,1-2H3. The van der Waals surface area contributed by atoms with Gasteiger partial charge in [-0.05, 0) is 108 Å². The van der Waals surface area contributed by atoms with Crippen molar-refractivity contribution in [1.82, 2.24) is 15.0 Å². The predicted octanol–water partition coefficient (Wildman–Crippen LogP) is 7.53. The fourth-order valence-electron chi connectivity index (χ4n) is 6.35. The number of pyridine rings is 3. The quantitative estimate of drug-likeness (QED) is 0.229. The monoisotopic (exact) mass is 525 g/mol. The van der Waals surface area contributed by atoms with Crippen molar-refractivity contribution in [2.24, 2.45) is 0 Å². The summed E-state index contributed by atoms with van der Waals surface area (Å²) in [4.78, 5) is 15.1. The van der Waals surface area contributed by atoms with E-state index in [1.807, 2.05) is 36.7 Å². The maximum atomic E-state index is 5.35. The molecular weight excluding hydrogens is 494 g/mol. The van der Waals surface area contributed by atoms with Gasteiger partial charge < -0.3 is 9.47 Å². The Labute approximate surface area is 234 Å². The lowest BCUT2D eigenvalue weighted by Gasteiger charge is -2.15. The minimum absolute atomic E-state index is 0.864. The molecule has 0 fully saturated rings. The van der Waals surface area contributed by atoms with Gasteiger partial charge in [0.1, 0.15) is 11.5 Å². The van der Waals surface area contributed by atoms with Crippen LogP contribution in [-0.2, 0) is 25.7 Å². The summed E-state index contributed by atoms with van der Waals surface area (Å²) in [6, 6.07) is 22.8. The molecule has 3 heterocycles. The largest absolute Gasteiger partial charge is 0.497 e. The smallest absolute Gasteiger partial charge is 0.118 e. The van der Waals surface area contributed by atoms with Crippen LogP contribution in [0.3, 0.4) is 0 Å². The fraction of sp³-hybridized carbons (Fsp3) is 0.229. The third-order valence-electron chi connectivity index (χ3n) is 8.34. The van der Waals surface area contributed by atoms with E-state index >= 15 is 0 Å². The molecule has 0 radical (unpaired) electrons. The Kier molecular flexibility index (Phi) is 6.27. The minimum Gasteiger partial charge on any atom is -0.497 e. The van der Waals surface area contributed by atoms with Crippen LogP contribution in [0.4, 0.5) is 0 Å². The van der Waals surface area contributed by atoms with Crippen LogP contribution < -0.4 is 9.47 Å². The van der Waals surface area contributed by atoms with Gasteiger partial charge in [0.25, 0.3) is 0 Å². The summed E-state index contributed by atoms with van der Waals surface area (Å²) < 4.78 is 10.7. The maximum Gasteiger partial charge on any atom is 0.118 e. The fourth-order valence-corrected chi connectivity index (χ4v) is 6.35. The highest BCUT2D eigenvalue weighted by molar-refractivity contribution is 5.77. The zero-order valence-corrected chi connectivity index (χ0v) is 22.9. The van der Waals surface area contributed by atoms with Crippen LogP contribution in [0.5, 0.6) is 11.5 Å². The highest BCUT2D eigenvalue weighted by Gasteiger charge is 2.24. The van der Waals surface area contributed by atoms with Gasteiger partial charge in [0.2, 0.25) is 0 Å². The molecule has 0 bridgehead atoms. The van der Waals surface area contributed by atoms with E-state index in [1.165, 1.54) is 44.5 Å². The molecule has 2 aromatic carbocycles. The number of hydrogen-bond acceptors (Lipinski definition) is 5. The summed E-state index contributed by atoms with van der Waals surface area (Å²) in [6.45, 7) is 0. The molecule has 2 aliphatic rings. The van der Waals surface area contributed by atoms with E-state index in [4.69, 9.17) is 24.4 Å². The second-order valence-corrected chi connectivity index (χ2v) is 10.5. The van der Waals surface area contributed by atoms with E-state index in [0.29, 0.717) is 0 Å². The number of hydrogen-bond donors (Lipinski definition) is 0. The van der Waals surface area contributed by atoms with Gasteiger partial charge in [-0.3, -0.25) is 9.97 Å². The van der Waals surface area contributed by atoms with E-state index in [0.717, 1.165) is 72.8 Å². The number of aromatic nitrogens is 3. The Morgan fingerprint density at radius 3 is 1.38 bits per heavy atom. The number of ether oxygens (including phenoxy) is 2. The van der Waals surface area contributed by atoms with Crippen LogP contribution in [0.15, 0.2) is 79.1 Å². The van der Waals surface area contributed by atoms with Gasteiger partial charge in [0, 0.05) is 23.5 Å². The van der Waals surface area contributed by atoms with Crippen LogP contribution in [0.2, 0.25) is 0 Å². The van der Waals surface area contributed by atoms with Gasteiger partial charge in [0.05, 0.1) is 37.0 Å². The van der Waals surface area contributed by atoms with E-state index in [9.17, 15) is 0 Å². The molecule has 2 aliphatic carbocycles. The van der Waals surface area contributed by atoms with Crippen molar-refractivity contribution < 1.29 is 9.47 Å². The van der Waals surface area contributed by atoms with Crippen molar-refractivity contribution in [2.75, 3.05) is 14.2 Å². The summed E-state index contributed by atoms with van der Waals surface area (Å²) in [5, 5.41) is 0. The van der Waals surface area contributed by atoms with Crippen molar-refractivity contribution in [2.45, 2.75) is 38.5 Å². The first-order chi connectivity index (χ1) is 19.7. The molecule has 3 aromatic heterocycles. The molecule has 5 nitrogen and oxygen atoms in total.